The maximum Gasteiger partial charge on any atom is 0.175 e. The molecule has 0 aliphatic rings. The van der Waals surface area contributed by atoms with E-state index in [4.69, 9.17) is 0 Å². The second-order valence-corrected chi connectivity index (χ2v) is 12.4. The molecule has 0 amide bonds. The first kappa shape index (κ1) is 34.7. The maximum atomic E-state index is 15.1. The molecule has 3 aromatic rings. The van der Waals surface area contributed by atoms with Gasteiger partial charge in [-0.2, -0.15) is 0 Å². The summed E-state index contributed by atoms with van der Waals surface area (Å²) in [6.45, 7) is 9.04. The summed E-state index contributed by atoms with van der Waals surface area (Å²) in [5.74, 6) is -3.60. The number of nitrogens with zero attached hydrogens (tertiary/aromatic N) is 1. The smallest absolute Gasteiger partial charge is 0.175 e. The predicted molar refractivity (Wildman–Crippen MR) is 179 cm³/mol. The molecule has 42 heavy (non-hydrogen) atoms. The summed E-state index contributed by atoms with van der Waals surface area (Å²) in [5.41, 5.74) is 6.88. The fourth-order valence-electron chi connectivity index (χ4n) is 5.75. The predicted octanol–water partition coefficient (Wildman–Crippen LogP) is 3.47. The fourth-order valence-corrected chi connectivity index (χ4v) is 6.28. The van der Waals surface area contributed by atoms with Crippen LogP contribution in [-0.4, -0.2) is 48.1 Å². The fraction of sp³-hybridized carbons (Fsp3) is 0.419. The molecule has 0 aliphatic carbocycles. The van der Waals surface area contributed by atoms with Crippen molar-refractivity contribution in [3.8, 4) is 0 Å². The van der Waals surface area contributed by atoms with E-state index in [1.807, 2.05) is 36.5 Å². The van der Waals surface area contributed by atoms with Gasteiger partial charge in [0.15, 0.2) is 11.6 Å². The molecule has 0 N–H and O–H groups in total. The van der Waals surface area contributed by atoms with Crippen LogP contribution in [0.15, 0.2) is 15.9 Å². The lowest BCUT2D eigenvalue weighted by Gasteiger charge is -2.24. The molecule has 1 nitrogen and oxygen atoms in total. The third kappa shape index (κ3) is 7.44. The van der Waals surface area contributed by atoms with Crippen molar-refractivity contribution < 1.29 is 22.0 Å². The normalized spacial score (nSPS) is 11.6. The van der Waals surface area contributed by atoms with Gasteiger partial charge in [-0.3, -0.25) is 0 Å². The van der Waals surface area contributed by atoms with Gasteiger partial charge in [0.25, 0.3) is 0 Å². The van der Waals surface area contributed by atoms with Gasteiger partial charge < -0.3 is 4.90 Å². The number of benzene rings is 3. The van der Waals surface area contributed by atoms with Gasteiger partial charge in [-0.25, -0.2) is 22.0 Å². The third-order valence-electron chi connectivity index (χ3n) is 8.92. The number of hydrogen-bond acceptors (Lipinski definition) is 3. The minimum atomic E-state index is -1.27. The molecule has 3 aromatic carbocycles. The topological polar surface area (TPSA) is 3.24 Å². The van der Waals surface area contributed by atoms with E-state index in [2.05, 4.69) is 30.2 Å². The van der Waals surface area contributed by atoms with Crippen LogP contribution in [-0.2, 0) is 19.3 Å². The Morgan fingerprint density at radius 3 is 1.60 bits per heavy atom. The van der Waals surface area contributed by atoms with E-state index in [-0.39, 0.29) is 29.2 Å². The average Bonchev–Trinajstić information content (AvgIpc) is 2.96. The molecule has 0 spiro atoms. The molecule has 0 aliphatic heterocycles. The van der Waals surface area contributed by atoms with Gasteiger partial charge in [-0.05, 0) is 125 Å². The van der Waals surface area contributed by atoms with Gasteiger partial charge in [0, 0.05) is 0 Å². The van der Waals surface area contributed by atoms with E-state index in [0.717, 1.165) is 27.6 Å². The van der Waals surface area contributed by atoms with E-state index in [1.54, 1.807) is 13.9 Å². The minimum Gasteiger partial charge on any atom is -0.303 e. The molecule has 224 valence electrons. The molecule has 0 atom stereocenters. The lowest BCUT2D eigenvalue weighted by atomic mass is 9.80. The SMILES string of the molecule is Bc1c(C)cc(F)c(CCCN(CCCc2c(C)c(B)c(S)c(B)c2F)CCCc2c(C)c(F)c(S)c(F)c2F)c1C. The van der Waals surface area contributed by atoms with Crippen molar-refractivity contribution in [2.24, 2.45) is 0 Å². The molecule has 0 aromatic heterocycles. The van der Waals surface area contributed by atoms with Crippen molar-refractivity contribution in [2.75, 3.05) is 19.6 Å². The monoisotopic (exact) mass is 617 g/mol. The Hall–Kier alpha value is -1.84. The van der Waals surface area contributed by atoms with Gasteiger partial charge in [-0.1, -0.05) is 27.6 Å². The summed E-state index contributed by atoms with van der Waals surface area (Å²) in [6.07, 6.45) is 3.13. The number of hydrogen-bond donors (Lipinski definition) is 2. The summed E-state index contributed by atoms with van der Waals surface area (Å²) in [5, 5.41) is 0. The highest BCUT2D eigenvalue weighted by atomic mass is 32.1. The van der Waals surface area contributed by atoms with Gasteiger partial charge in [0.05, 0.1) is 4.90 Å². The molecule has 11 heteroatoms. The Labute approximate surface area is 261 Å². The summed E-state index contributed by atoms with van der Waals surface area (Å²) >= 11 is 8.23. The summed E-state index contributed by atoms with van der Waals surface area (Å²) < 4.78 is 73.1. The lowest BCUT2D eigenvalue weighted by Crippen LogP contribution is -2.30. The molecule has 0 radical (unpaired) electrons. The average molecular weight is 617 g/mol. The van der Waals surface area contributed by atoms with Gasteiger partial charge in [-0.15, -0.1) is 25.3 Å². The Bertz CT molecular complexity index is 1350. The van der Waals surface area contributed by atoms with Crippen LogP contribution < -0.4 is 16.4 Å². The number of halogens is 5. The van der Waals surface area contributed by atoms with Crippen LogP contribution in [0.25, 0.3) is 0 Å². The Morgan fingerprint density at radius 1 is 0.571 bits per heavy atom. The van der Waals surface area contributed by atoms with Gasteiger partial charge in [0.2, 0.25) is 0 Å². The highest BCUT2D eigenvalue weighted by Gasteiger charge is 2.21. The van der Waals surface area contributed by atoms with Crippen molar-refractivity contribution in [1.29, 1.82) is 0 Å². The number of thiol groups is 2. The standard InChI is InChI=1S/C31H39B3F5NS2/c1-15-14-22(35)19(16(2)23(15)32)8-5-11-40(12-6-9-20-17(3)24(33)30(41)25(34)27(20)37)13-7-10-21-18(4)26(36)31(42)29(39)28(21)38/h14,41-42H,5-13,32-34H2,1-4H3. The zero-order valence-corrected chi connectivity index (χ0v) is 27.5. The van der Waals surface area contributed by atoms with E-state index in [0.29, 0.717) is 73.2 Å². The van der Waals surface area contributed by atoms with Crippen LogP contribution >= 0.6 is 25.3 Å². The molecule has 0 heterocycles. The number of aryl methyl sites for hydroxylation is 1. The number of rotatable bonds is 12. The Balaban J connectivity index is 1.74. The third-order valence-corrected chi connectivity index (χ3v) is 9.98. The van der Waals surface area contributed by atoms with E-state index >= 15 is 4.39 Å². The van der Waals surface area contributed by atoms with E-state index in [9.17, 15) is 17.6 Å². The highest BCUT2D eigenvalue weighted by molar-refractivity contribution is 7.80. The summed E-state index contributed by atoms with van der Waals surface area (Å²) in [7, 11) is 5.68. The van der Waals surface area contributed by atoms with Crippen LogP contribution in [0.5, 0.6) is 0 Å². The van der Waals surface area contributed by atoms with Crippen LogP contribution in [0.2, 0.25) is 0 Å². The van der Waals surface area contributed by atoms with E-state index < -0.39 is 22.3 Å². The molecule has 3 rings (SSSR count). The molecule has 0 saturated carbocycles. The molecule has 0 bridgehead atoms. The molecular formula is C31H39B3F5NS2. The van der Waals surface area contributed by atoms with Crippen LogP contribution in [0, 0.1) is 56.8 Å². The Morgan fingerprint density at radius 2 is 1.05 bits per heavy atom. The van der Waals surface area contributed by atoms with Crippen molar-refractivity contribution in [1.82, 2.24) is 4.90 Å². The van der Waals surface area contributed by atoms with Crippen molar-refractivity contribution in [3.63, 3.8) is 0 Å². The molecular weight excluding hydrogens is 578 g/mol. The van der Waals surface area contributed by atoms with Crippen molar-refractivity contribution in [3.05, 3.63) is 74.1 Å². The Kier molecular flexibility index (Phi) is 12.2. The molecule has 0 fully saturated rings. The quantitative estimate of drug-likeness (QED) is 0.137. The van der Waals surface area contributed by atoms with Crippen LogP contribution in [0.3, 0.4) is 0 Å². The summed E-state index contributed by atoms with van der Waals surface area (Å²) in [6, 6.07) is 1.58. The van der Waals surface area contributed by atoms with Gasteiger partial charge in [0.1, 0.15) is 41.0 Å². The first-order chi connectivity index (χ1) is 19.7. The summed E-state index contributed by atoms with van der Waals surface area (Å²) in [4.78, 5) is 2.26. The van der Waals surface area contributed by atoms with Crippen molar-refractivity contribution >= 4 is 65.2 Å². The zero-order valence-electron chi connectivity index (χ0n) is 25.7. The second-order valence-electron chi connectivity index (χ2n) is 11.5. The zero-order chi connectivity index (χ0) is 31.5. The van der Waals surface area contributed by atoms with E-state index in [1.165, 1.54) is 6.92 Å². The minimum absolute atomic E-state index is 0.0195. The second kappa shape index (κ2) is 14.8. The van der Waals surface area contributed by atoms with Gasteiger partial charge >= 0.3 is 0 Å². The first-order valence-electron chi connectivity index (χ1n) is 14.5. The van der Waals surface area contributed by atoms with Crippen LogP contribution in [0.4, 0.5) is 22.0 Å². The van der Waals surface area contributed by atoms with Crippen LogP contribution in [0.1, 0.15) is 58.2 Å². The highest BCUT2D eigenvalue weighted by Crippen LogP contribution is 2.28. The first-order valence-corrected chi connectivity index (χ1v) is 15.4. The molecule has 0 unspecified atom stereocenters. The molecule has 0 saturated heterocycles. The largest absolute Gasteiger partial charge is 0.303 e. The lowest BCUT2D eigenvalue weighted by molar-refractivity contribution is 0.262. The van der Waals surface area contributed by atoms with Crippen molar-refractivity contribution in [2.45, 2.75) is 76.0 Å². The maximum absolute atomic E-state index is 15.1.